The molecule has 2 heterocycles. The number of ether oxygens (including phenoxy) is 4. The van der Waals surface area contributed by atoms with Crippen LogP contribution in [0.15, 0.2) is 30.3 Å². The molecule has 2 N–H and O–H groups in total. The van der Waals surface area contributed by atoms with E-state index in [4.69, 9.17) is 24.7 Å². The van der Waals surface area contributed by atoms with Crippen molar-refractivity contribution in [2.24, 2.45) is 5.73 Å². The van der Waals surface area contributed by atoms with Gasteiger partial charge in [-0.1, -0.05) is 30.3 Å². The molecule has 0 aliphatic carbocycles. The smallest absolute Gasteiger partial charge is 0.184 e. The van der Waals surface area contributed by atoms with E-state index < -0.39 is 5.54 Å². The van der Waals surface area contributed by atoms with Crippen molar-refractivity contribution >= 4 is 0 Å². The van der Waals surface area contributed by atoms with E-state index in [2.05, 4.69) is 0 Å². The van der Waals surface area contributed by atoms with Crippen molar-refractivity contribution in [1.29, 1.82) is 0 Å². The Balaban J connectivity index is 1.77. The molecule has 2 saturated heterocycles. The molecule has 3 rings (SSSR count). The minimum atomic E-state index is -0.500. The summed E-state index contributed by atoms with van der Waals surface area (Å²) in [4.78, 5) is 0. The van der Waals surface area contributed by atoms with E-state index in [1.807, 2.05) is 37.3 Å². The Morgan fingerprint density at radius 1 is 1.25 bits per heavy atom. The topological polar surface area (TPSA) is 62.9 Å². The second kappa shape index (κ2) is 5.42. The van der Waals surface area contributed by atoms with Crippen molar-refractivity contribution in [3.8, 4) is 0 Å². The van der Waals surface area contributed by atoms with Crippen LogP contribution in [-0.4, -0.2) is 37.8 Å². The standard InChI is InChI=1S/C15H21NO4/c1-15(16)8-12(17-2)19-11-9-18-14(20-13(11)15)10-6-4-3-5-7-10/h3-7,11-14H,8-9,16H2,1-2H3/t11-,12+,13-,14?,15+/m1/s1. The molecule has 20 heavy (non-hydrogen) atoms. The first-order valence-corrected chi connectivity index (χ1v) is 6.89. The molecule has 2 aliphatic heterocycles. The van der Waals surface area contributed by atoms with Crippen LogP contribution in [0.25, 0.3) is 0 Å². The van der Waals surface area contributed by atoms with Gasteiger partial charge >= 0.3 is 0 Å². The fourth-order valence-electron chi connectivity index (χ4n) is 2.86. The average molecular weight is 279 g/mol. The molecule has 0 bridgehead atoms. The van der Waals surface area contributed by atoms with Crippen LogP contribution in [0.3, 0.4) is 0 Å². The number of fused-ring (bicyclic) bond motifs is 1. The summed E-state index contributed by atoms with van der Waals surface area (Å²) in [7, 11) is 1.62. The van der Waals surface area contributed by atoms with E-state index in [1.54, 1.807) is 7.11 Å². The third kappa shape index (κ3) is 2.60. The highest BCUT2D eigenvalue weighted by Gasteiger charge is 2.49. The molecule has 0 radical (unpaired) electrons. The van der Waals surface area contributed by atoms with Crippen LogP contribution in [0, 0.1) is 0 Å². The van der Waals surface area contributed by atoms with Crippen LogP contribution in [0.2, 0.25) is 0 Å². The van der Waals surface area contributed by atoms with E-state index >= 15 is 0 Å². The molecule has 5 atom stereocenters. The summed E-state index contributed by atoms with van der Waals surface area (Å²) in [6, 6.07) is 9.87. The molecule has 0 aromatic heterocycles. The molecule has 0 amide bonds. The van der Waals surface area contributed by atoms with Crippen molar-refractivity contribution in [2.45, 2.75) is 43.7 Å². The zero-order valence-corrected chi connectivity index (χ0v) is 11.8. The lowest BCUT2D eigenvalue weighted by atomic mass is 9.85. The summed E-state index contributed by atoms with van der Waals surface area (Å²) in [5.74, 6) is 0. The molecule has 2 fully saturated rings. The maximum atomic E-state index is 6.40. The Labute approximate surface area is 118 Å². The zero-order chi connectivity index (χ0) is 14.2. The number of nitrogens with two attached hydrogens (primary N) is 1. The number of hydrogen-bond donors (Lipinski definition) is 1. The summed E-state index contributed by atoms with van der Waals surface area (Å²) >= 11 is 0. The van der Waals surface area contributed by atoms with Crippen LogP contribution in [0.1, 0.15) is 25.2 Å². The normalized spacial score (nSPS) is 41.1. The van der Waals surface area contributed by atoms with Crippen LogP contribution >= 0.6 is 0 Å². The lowest BCUT2D eigenvalue weighted by Crippen LogP contribution is -2.65. The van der Waals surface area contributed by atoms with Gasteiger partial charge in [0.1, 0.15) is 12.2 Å². The second-order valence-electron chi connectivity index (χ2n) is 5.68. The van der Waals surface area contributed by atoms with Gasteiger partial charge in [0, 0.05) is 24.6 Å². The van der Waals surface area contributed by atoms with Gasteiger partial charge in [0.05, 0.1) is 6.61 Å². The molecule has 2 aliphatic rings. The first kappa shape index (κ1) is 14.0. The maximum absolute atomic E-state index is 6.40. The van der Waals surface area contributed by atoms with Crippen molar-refractivity contribution in [3.63, 3.8) is 0 Å². The molecule has 0 spiro atoms. The van der Waals surface area contributed by atoms with Crippen molar-refractivity contribution in [2.75, 3.05) is 13.7 Å². The van der Waals surface area contributed by atoms with Crippen LogP contribution < -0.4 is 5.73 Å². The minimum absolute atomic E-state index is 0.191. The zero-order valence-electron chi connectivity index (χ0n) is 11.8. The van der Waals surface area contributed by atoms with E-state index in [0.29, 0.717) is 13.0 Å². The minimum Gasteiger partial charge on any atom is -0.356 e. The Bertz CT molecular complexity index is 450. The van der Waals surface area contributed by atoms with Gasteiger partial charge in [-0.25, -0.2) is 0 Å². The Morgan fingerprint density at radius 3 is 2.70 bits per heavy atom. The van der Waals surface area contributed by atoms with Gasteiger partial charge in [-0.05, 0) is 6.92 Å². The van der Waals surface area contributed by atoms with E-state index in [1.165, 1.54) is 0 Å². The monoisotopic (exact) mass is 279 g/mol. The van der Waals surface area contributed by atoms with Crippen molar-refractivity contribution in [3.05, 3.63) is 35.9 Å². The molecular formula is C15H21NO4. The molecule has 1 unspecified atom stereocenters. The van der Waals surface area contributed by atoms with Crippen LogP contribution in [0.4, 0.5) is 0 Å². The van der Waals surface area contributed by atoms with Crippen LogP contribution in [0.5, 0.6) is 0 Å². The first-order valence-electron chi connectivity index (χ1n) is 6.89. The Morgan fingerprint density at radius 2 is 2.00 bits per heavy atom. The van der Waals surface area contributed by atoms with E-state index in [9.17, 15) is 0 Å². The Hall–Kier alpha value is -0.980. The number of methoxy groups -OCH3 is 1. The van der Waals surface area contributed by atoms with Gasteiger partial charge < -0.3 is 24.7 Å². The summed E-state index contributed by atoms with van der Waals surface area (Å²) in [6.07, 6.45) is -0.474. The molecule has 1 aromatic rings. The summed E-state index contributed by atoms with van der Waals surface area (Å²) in [5, 5.41) is 0. The highest BCUT2D eigenvalue weighted by Crippen LogP contribution is 2.37. The van der Waals surface area contributed by atoms with Gasteiger partial charge in [0.25, 0.3) is 0 Å². The molecule has 5 nitrogen and oxygen atoms in total. The van der Waals surface area contributed by atoms with Crippen molar-refractivity contribution in [1.82, 2.24) is 0 Å². The predicted octanol–water partition coefficient (Wildman–Crippen LogP) is 1.58. The average Bonchev–Trinajstić information content (AvgIpc) is 2.47. The van der Waals surface area contributed by atoms with Gasteiger partial charge in [0.2, 0.25) is 0 Å². The van der Waals surface area contributed by atoms with Gasteiger partial charge in [0.15, 0.2) is 12.6 Å². The molecule has 5 heteroatoms. The van der Waals surface area contributed by atoms with Gasteiger partial charge in [-0.15, -0.1) is 0 Å². The van der Waals surface area contributed by atoms with Gasteiger partial charge in [-0.3, -0.25) is 0 Å². The number of benzene rings is 1. The lowest BCUT2D eigenvalue weighted by molar-refractivity contribution is -0.329. The number of rotatable bonds is 2. The molecule has 110 valence electrons. The molecule has 0 saturated carbocycles. The first-order chi connectivity index (χ1) is 9.60. The molecular weight excluding hydrogens is 258 g/mol. The lowest BCUT2D eigenvalue weighted by Gasteiger charge is -2.49. The quantitative estimate of drug-likeness (QED) is 0.890. The largest absolute Gasteiger partial charge is 0.356 e. The highest BCUT2D eigenvalue weighted by molar-refractivity contribution is 5.17. The van der Waals surface area contributed by atoms with E-state index in [-0.39, 0.29) is 24.8 Å². The van der Waals surface area contributed by atoms with Gasteiger partial charge in [-0.2, -0.15) is 0 Å². The summed E-state index contributed by atoms with van der Waals surface area (Å²) in [5.41, 5.74) is 6.89. The Kier molecular flexibility index (Phi) is 3.79. The third-order valence-corrected chi connectivity index (χ3v) is 3.94. The predicted molar refractivity (Wildman–Crippen MR) is 72.9 cm³/mol. The SMILES string of the molecule is CO[C@@H]1C[C@](C)(N)[C@@H]2OC(c3ccccc3)OC[C@H]2O1. The third-order valence-electron chi connectivity index (χ3n) is 3.94. The highest BCUT2D eigenvalue weighted by atomic mass is 16.7. The summed E-state index contributed by atoms with van der Waals surface area (Å²) in [6.45, 7) is 2.43. The second-order valence-corrected chi connectivity index (χ2v) is 5.68. The van der Waals surface area contributed by atoms with E-state index in [0.717, 1.165) is 5.56 Å². The fraction of sp³-hybridized carbons (Fsp3) is 0.600. The molecule has 1 aromatic carbocycles. The maximum Gasteiger partial charge on any atom is 0.184 e. The van der Waals surface area contributed by atoms with Crippen LogP contribution in [-0.2, 0) is 18.9 Å². The van der Waals surface area contributed by atoms with Crippen molar-refractivity contribution < 1.29 is 18.9 Å². The summed E-state index contributed by atoms with van der Waals surface area (Å²) < 4.78 is 22.9. The number of hydrogen-bond acceptors (Lipinski definition) is 5. The fourth-order valence-corrected chi connectivity index (χ4v) is 2.86.